The van der Waals surface area contributed by atoms with E-state index in [0.717, 1.165) is 71.0 Å². The van der Waals surface area contributed by atoms with Crippen molar-refractivity contribution >= 4 is 60.8 Å². The van der Waals surface area contributed by atoms with Gasteiger partial charge >= 0.3 is 0 Å². The van der Waals surface area contributed by atoms with E-state index < -0.39 is 0 Å². The standard InChI is InChI=1S/C46H42N10O5S/c1-58-32-19-24-55(25-20-32)43-45(61-34-16-12-31(13-17-34)50-46-53-37-8-4-5-9-38(37)62-46)54-39(26-49-43)59-28-29-18-23-56(27-29)42-44(48-22-21-47-42)60-33-14-10-30(11-15-33)40(57)41-51-35-6-2-3-7-36(35)52-41/h2-17,21-22,26,29,32H,18-20,23-25,27-28H2,1H3,(H,50,53)(H,51,52). The van der Waals surface area contributed by atoms with Gasteiger partial charge in [0.1, 0.15) is 11.5 Å². The van der Waals surface area contributed by atoms with Crippen LogP contribution in [0.4, 0.5) is 22.5 Å². The van der Waals surface area contributed by atoms with Crippen LogP contribution in [0, 0.1) is 5.92 Å². The van der Waals surface area contributed by atoms with Crippen LogP contribution in [0.25, 0.3) is 21.3 Å². The van der Waals surface area contributed by atoms with Gasteiger partial charge in [0, 0.05) is 62.9 Å². The third kappa shape index (κ3) is 8.55. The molecule has 0 radical (unpaired) electrons. The molecule has 4 aromatic carbocycles. The number of nitrogens with one attached hydrogen (secondary N) is 2. The molecule has 0 amide bonds. The minimum absolute atomic E-state index is 0.183. The number of rotatable bonds is 14. The molecule has 15 nitrogen and oxygen atoms in total. The number of aromatic nitrogens is 7. The van der Waals surface area contributed by atoms with Crippen molar-refractivity contribution in [3.8, 4) is 29.1 Å². The molecule has 0 spiro atoms. The maximum absolute atomic E-state index is 13.2. The van der Waals surface area contributed by atoms with Crippen LogP contribution in [0.3, 0.4) is 0 Å². The lowest BCUT2D eigenvalue weighted by Crippen LogP contribution is -2.37. The summed E-state index contributed by atoms with van der Waals surface area (Å²) in [4.78, 5) is 48.6. The number of anilines is 4. The van der Waals surface area contributed by atoms with E-state index in [9.17, 15) is 4.79 Å². The van der Waals surface area contributed by atoms with Crippen molar-refractivity contribution in [2.75, 3.05) is 55.0 Å². The van der Waals surface area contributed by atoms with E-state index >= 15 is 0 Å². The van der Waals surface area contributed by atoms with Gasteiger partial charge in [-0.15, -0.1) is 0 Å². The van der Waals surface area contributed by atoms with Gasteiger partial charge in [0.05, 0.1) is 40.2 Å². The molecule has 6 heterocycles. The van der Waals surface area contributed by atoms with Gasteiger partial charge in [0.25, 0.3) is 11.8 Å². The number of ether oxygens (including phenoxy) is 4. The molecular formula is C46H42N10O5S. The Morgan fingerprint density at radius 2 is 1.47 bits per heavy atom. The molecule has 0 aliphatic carbocycles. The third-order valence-electron chi connectivity index (χ3n) is 11.0. The number of para-hydroxylation sites is 3. The summed E-state index contributed by atoms with van der Waals surface area (Å²) in [5.74, 6) is 3.87. The number of imidazole rings is 1. The molecule has 1 atom stereocenters. The zero-order valence-corrected chi connectivity index (χ0v) is 34.6. The number of carbonyl (C=O) groups excluding carboxylic acids is 1. The predicted octanol–water partition coefficient (Wildman–Crippen LogP) is 8.83. The van der Waals surface area contributed by atoms with Crippen LogP contribution in [-0.4, -0.2) is 86.7 Å². The topological polar surface area (TPSA) is 166 Å². The minimum Gasteiger partial charge on any atom is -0.476 e. The largest absolute Gasteiger partial charge is 0.476 e. The number of thiazole rings is 1. The van der Waals surface area contributed by atoms with Crippen LogP contribution in [0.15, 0.2) is 116 Å². The van der Waals surface area contributed by atoms with Crippen molar-refractivity contribution in [2.24, 2.45) is 5.92 Å². The fourth-order valence-electron chi connectivity index (χ4n) is 7.73. The molecule has 1 unspecified atom stereocenters. The molecule has 10 rings (SSSR count). The Kier molecular flexibility index (Phi) is 11.0. The smallest absolute Gasteiger partial charge is 0.266 e. The van der Waals surface area contributed by atoms with E-state index in [0.29, 0.717) is 59.5 Å². The number of hydrogen-bond acceptors (Lipinski definition) is 15. The van der Waals surface area contributed by atoms with Gasteiger partial charge < -0.3 is 39.0 Å². The van der Waals surface area contributed by atoms with Gasteiger partial charge in [-0.3, -0.25) is 4.79 Å². The Labute approximate surface area is 360 Å². The summed E-state index contributed by atoms with van der Waals surface area (Å²) >= 11 is 1.61. The summed E-state index contributed by atoms with van der Waals surface area (Å²) in [7, 11) is 1.76. The van der Waals surface area contributed by atoms with Crippen molar-refractivity contribution in [1.29, 1.82) is 0 Å². The first-order chi connectivity index (χ1) is 30.5. The van der Waals surface area contributed by atoms with E-state index in [1.54, 1.807) is 61.3 Å². The maximum atomic E-state index is 13.2. The van der Waals surface area contributed by atoms with Gasteiger partial charge in [-0.2, -0.15) is 4.98 Å². The van der Waals surface area contributed by atoms with Crippen molar-refractivity contribution in [3.63, 3.8) is 0 Å². The molecule has 2 saturated heterocycles. The van der Waals surface area contributed by atoms with Crippen LogP contribution in [0.5, 0.6) is 29.1 Å². The molecule has 2 fully saturated rings. The summed E-state index contributed by atoms with van der Waals surface area (Å²) in [5, 5.41) is 4.23. The fraction of sp³-hybridized carbons (Fsp3) is 0.239. The minimum atomic E-state index is -0.202. The molecule has 62 heavy (non-hydrogen) atoms. The molecule has 16 heteroatoms. The Morgan fingerprint density at radius 1 is 0.758 bits per heavy atom. The molecule has 2 N–H and O–H groups in total. The number of aromatic amines is 1. The van der Waals surface area contributed by atoms with Crippen molar-refractivity contribution < 1.29 is 23.7 Å². The van der Waals surface area contributed by atoms with Gasteiger partial charge in [-0.25, -0.2) is 24.9 Å². The fourth-order valence-corrected chi connectivity index (χ4v) is 8.62. The zero-order valence-electron chi connectivity index (χ0n) is 33.8. The van der Waals surface area contributed by atoms with Crippen molar-refractivity contribution in [3.05, 3.63) is 127 Å². The highest BCUT2D eigenvalue weighted by molar-refractivity contribution is 7.22. The monoisotopic (exact) mass is 846 g/mol. The average molecular weight is 847 g/mol. The lowest BCUT2D eigenvalue weighted by atomic mass is 10.1. The first-order valence-electron chi connectivity index (χ1n) is 20.5. The van der Waals surface area contributed by atoms with E-state index in [-0.39, 0.29) is 23.6 Å². The van der Waals surface area contributed by atoms with E-state index in [4.69, 9.17) is 33.9 Å². The normalized spacial score (nSPS) is 15.6. The highest BCUT2D eigenvalue weighted by Gasteiger charge is 2.29. The Morgan fingerprint density at radius 3 is 2.26 bits per heavy atom. The number of hydrogen-bond donors (Lipinski definition) is 2. The molecular weight excluding hydrogens is 805 g/mol. The molecule has 312 valence electrons. The number of benzene rings is 4. The molecule has 8 aromatic rings. The number of fused-ring (bicyclic) bond motifs is 2. The van der Waals surface area contributed by atoms with Crippen LogP contribution in [-0.2, 0) is 4.74 Å². The average Bonchev–Trinajstić information content (AvgIpc) is 4.08. The second kappa shape index (κ2) is 17.4. The maximum Gasteiger partial charge on any atom is 0.266 e. The number of nitrogens with zero attached hydrogens (tertiary/aromatic N) is 8. The summed E-state index contributed by atoms with van der Waals surface area (Å²) in [6.07, 6.45) is 7.79. The number of ketones is 1. The lowest BCUT2D eigenvalue weighted by Gasteiger charge is -2.32. The lowest BCUT2D eigenvalue weighted by molar-refractivity contribution is 0.0817. The first kappa shape index (κ1) is 39.0. The SMILES string of the molecule is COC1CCN(c2ncc(OCC3CCN(c4nccnc4Oc4ccc(C(=O)c5nc6ccccc6[nH]5)cc4)C3)nc2Oc2ccc(Nc3nc4ccccc4s3)cc2)CC1. The second-order valence-electron chi connectivity index (χ2n) is 15.2. The van der Waals surface area contributed by atoms with Gasteiger partial charge in [0.2, 0.25) is 11.7 Å². The quantitative estimate of drug-likeness (QED) is 0.0997. The summed E-state index contributed by atoms with van der Waals surface area (Å²) < 4.78 is 25.7. The van der Waals surface area contributed by atoms with Crippen LogP contribution in [0.2, 0.25) is 0 Å². The van der Waals surface area contributed by atoms with E-state index in [1.165, 1.54) is 0 Å². The Balaban J connectivity index is 0.787. The molecule has 4 aromatic heterocycles. The highest BCUT2D eigenvalue weighted by atomic mass is 32.1. The first-order valence-corrected chi connectivity index (χ1v) is 21.3. The second-order valence-corrected chi connectivity index (χ2v) is 16.2. The third-order valence-corrected chi connectivity index (χ3v) is 12.0. The number of piperidine rings is 1. The summed E-state index contributed by atoms with van der Waals surface area (Å²) in [6.45, 7) is 3.39. The van der Waals surface area contributed by atoms with E-state index in [1.807, 2.05) is 66.7 Å². The number of H-pyrrole nitrogens is 1. The van der Waals surface area contributed by atoms with Crippen LogP contribution in [0.1, 0.15) is 35.4 Å². The van der Waals surface area contributed by atoms with Gasteiger partial charge in [-0.1, -0.05) is 35.6 Å². The molecule has 2 aliphatic rings. The number of methoxy groups -OCH3 is 1. The molecule has 0 saturated carbocycles. The predicted molar refractivity (Wildman–Crippen MR) is 238 cm³/mol. The Hall–Kier alpha value is -7.17. The number of carbonyl (C=O) groups is 1. The summed E-state index contributed by atoms with van der Waals surface area (Å²) in [6, 6.07) is 30.3. The van der Waals surface area contributed by atoms with Gasteiger partial charge in [-0.05, 0) is 92.1 Å². The summed E-state index contributed by atoms with van der Waals surface area (Å²) in [5.41, 5.74) is 3.91. The van der Waals surface area contributed by atoms with E-state index in [2.05, 4.69) is 41.1 Å². The zero-order chi connectivity index (χ0) is 41.8. The molecule has 0 bridgehead atoms. The van der Waals surface area contributed by atoms with Crippen LogP contribution < -0.4 is 29.3 Å². The Bertz CT molecular complexity index is 2760. The van der Waals surface area contributed by atoms with Crippen molar-refractivity contribution in [2.45, 2.75) is 25.4 Å². The van der Waals surface area contributed by atoms with Crippen molar-refractivity contribution in [1.82, 2.24) is 34.9 Å². The highest BCUT2D eigenvalue weighted by Crippen LogP contribution is 2.36. The molecule has 2 aliphatic heterocycles. The van der Waals surface area contributed by atoms with Gasteiger partial charge in [0.15, 0.2) is 22.6 Å². The van der Waals surface area contributed by atoms with Crippen LogP contribution >= 0.6 is 11.3 Å².